The van der Waals surface area contributed by atoms with Crippen LogP contribution in [0.25, 0.3) is 0 Å². The summed E-state index contributed by atoms with van der Waals surface area (Å²) >= 11 is 0. The summed E-state index contributed by atoms with van der Waals surface area (Å²) in [5.41, 5.74) is 0.0809. The molecule has 0 bridgehead atoms. The number of ketones is 1. The summed E-state index contributed by atoms with van der Waals surface area (Å²) in [5, 5.41) is 13.6. The van der Waals surface area contributed by atoms with Crippen LogP contribution in [0.2, 0.25) is 5.04 Å². The zero-order chi connectivity index (χ0) is 31.3. The molecule has 1 N–H and O–H groups in total. The van der Waals surface area contributed by atoms with Crippen molar-refractivity contribution in [1.29, 1.82) is 0 Å². The molecule has 240 valence electrons. The van der Waals surface area contributed by atoms with Crippen LogP contribution in [0.15, 0.2) is 72.3 Å². The number of allylic oxidation sites excluding steroid dienone is 1. The maximum atomic E-state index is 13.6. The molecule has 0 aromatic heterocycles. The molecule has 1 saturated heterocycles. The van der Waals surface area contributed by atoms with E-state index in [-0.39, 0.29) is 30.5 Å². The molecule has 0 saturated carbocycles. The molecule has 6 heteroatoms. The van der Waals surface area contributed by atoms with Crippen molar-refractivity contribution in [2.24, 2.45) is 11.3 Å². The van der Waals surface area contributed by atoms with Gasteiger partial charge >= 0.3 is 0 Å². The minimum Gasteiger partial charge on any atom is -0.405 e. The van der Waals surface area contributed by atoms with Gasteiger partial charge in [-0.25, -0.2) is 0 Å². The van der Waals surface area contributed by atoms with E-state index in [9.17, 15) is 9.90 Å². The van der Waals surface area contributed by atoms with Crippen LogP contribution < -0.4 is 10.4 Å². The summed E-state index contributed by atoms with van der Waals surface area (Å²) in [5.74, 6) is -1.25. The zero-order valence-corrected chi connectivity index (χ0v) is 28.6. The van der Waals surface area contributed by atoms with Crippen LogP contribution in [0.5, 0.6) is 0 Å². The number of aliphatic hydroxyl groups excluding tert-OH is 1. The number of rotatable bonds is 12. The van der Waals surface area contributed by atoms with Gasteiger partial charge in [-0.2, -0.15) is 0 Å². The van der Waals surface area contributed by atoms with Crippen LogP contribution in [0.3, 0.4) is 0 Å². The molecule has 1 heterocycles. The standard InChI is InChI=1S/C36H54O5Si.CH4/c1-26(32(37)28(3)33(38)35(7,8)31-24-25-39-36(9,10)40-31)18-17-19-27(2)41-42(34(4,5)6,29-20-13-11-14-21-29)30-22-15-12-16-23-30;/h11-16,18,20-23,27-28,31-32,37H,17,19,24-25H2,1-10H3;1H4/b26-18+;/t27?,28-,31+,32?;/m1./s1. The molecule has 0 aliphatic carbocycles. The van der Waals surface area contributed by atoms with Crippen LogP contribution in [0.1, 0.15) is 95.9 Å². The molecule has 5 nitrogen and oxygen atoms in total. The number of carbonyl (C=O) groups is 1. The number of ether oxygens (including phenoxy) is 2. The summed E-state index contributed by atoms with van der Waals surface area (Å²) in [6, 6.07) is 21.4. The van der Waals surface area contributed by atoms with Gasteiger partial charge in [0.25, 0.3) is 8.32 Å². The first kappa shape index (κ1) is 37.1. The number of hydrogen-bond acceptors (Lipinski definition) is 5. The SMILES string of the molecule is C.C/C(=C\CCC(C)O[Si](c1ccccc1)(c1ccccc1)C(C)(C)C)C(O)[C@@H](C)C(=O)C(C)(C)[C@@H]1CCOC(C)(C)O1. The van der Waals surface area contributed by atoms with Gasteiger partial charge in [0.05, 0.1) is 24.2 Å². The van der Waals surface area contributed by atoms with Crippen LogP contribution in [-0.4, -0.2) is 49.9 Å². The molecule has 2 aromatic carbocycles. The Labute approximate surface area is 263 Å². The van der Waals surface area contributed by atoms with Crippen molar-refractivity contribution in [3.63, 3.8) is 0 Å². The number of aliphatic hydroxyl groups is 1. The molecule has 1 aliphatic heterocycles. The van der Waals surface area contributed by atoms with Gasteiger partial charge in [0.1, 0.15) is 5.78 Å². The summed E-state index contributed by atoms with van der Waals surface area (Å²) in [6.45, 7) is 20.9. The summed E-state index contributed by atoms with van der Waals surface area (Å²) < 4.78 is 19.0. The predicted molar refractivity (Wildman–Crippen MR) is 181 cm³/mol. The number of carbonyl (C=O) groups excluding carboxylic acids is 1. The van der Waals surface area contributed by atoms with Crippen LogP contribution in [0.4, 0.5) is 0 Å². The number of hydrogen-bond donors (Lipinski definition) is 1. The summed E-state index contributed by atoms with van der Waals surface area (Å²) in [7, 11) is -2.63. The van der Waals surface area contributed by atoms with Crippen molar-refractivity contribution in [1.82, 2.24) is 0 Å². The third-order valence-corrected chi connectivity index (χ3v) is 14.0. The highest BCUT2D eigenvalue weighted by atomic mass is 28.4. The highest BCUT2D eigenvalue weighted by Crippen LogP contribution is 2.39. The molecule has 1 fully saturated rings. The van der Waals surface area contributed by atoms with Crippen LogP contribution in [0, 0.1) is 11.3 Å². The Hall–Kier alpha value is -2.09. The molecule has 43 heavy (non-hydrogen) atoms. The van der Waals surface area contributed by atoms with Gasteiger partial charge in [0.2, 0.25) is 0 Å². The predicted octanol–water partition coefficient (Wildman–Crippen LogP) is 7.45. The first-order valence-corrected chi connectivity index (χ1v) is 17.4. The highest BCUT2D eigenvalue weighted by molar-refractivity contribution is 6.99. The molecule has 0 radical (unpaired) electrons. The molecular weight excluding hydrogens is 552 g/mol. The quantitative estimate of drug-likeness (QED) is 0.200. The summed E-state index contributed by atoms with van der Waals surface area (Å²) in [6.07, 6.45) is 3.19. The second-order valence-electron chi connectivity index (χ2n) is 14.1. The average Bonchev–Trinajstić information content (AvgIpc) is 2.94. The van der Waals surface area contributed by atoms with E-state index in [0.29, 0.717) is 13.0 Å². The molecule has 1 aliphatic rings. The minimum absolute atomic E-state index is 0. The smallest absolute Gasteiger partial charge is 0.261 e. The van der Waals surface area contributed by atoms with Crippen molar-refractivity contribution >= 4 is 24.5 Å². The van der Waals surface area contributed by atoms with Gasteiger partial charge in [0.15, 0.2) is 5.79 Å². The van der Waals surface area contributed by atoms with Crippen LogP contribution in [-0.2, 0) is 18.7 Å². The number of Topliss-reactive ketones (excluding diaryl/α,β-unsaturated/α-hetero) is 1. The van der Waals surface area contributed by atoms with Crippen molar-refractivity contribution in [3.05, 3.63) is 72.3 Å². The molecule has 2 unspecified atom stereocenters. The molecule has 3 rings (SSSR count). The lowest BCUT2D eigenvalue weighted by atomic mass is 9.73. The molecular formula is C37H58O5Si. The first-order valence-electron chi connectivity index (χ1n) is 15.5. The molecule has 0 spiro atoms. The third kappa shape index (κ3) is 8.55. The van der Waals surface area contributed by atoms with Crippen molar-refractivity contribution in [3.8, 4) is 0 Å². The highest BCUT2D eigenvalue weighted by Gasteiger charge is 2.51. The van der Waals surface area contributed by atoms with Crippen molar-refractivity contribution < 1.29 is 23.8 Å². The molecule has 4 atom stereocenters. The maximum Gasteiger partial charge on any atom is 0.261 e. The van der Waals surface area contributed by atoms with Crippen molar-refractivity contribution in [2.45, 2.75) is 125 Å². The fraction of sp³-hybridized carbons (Fsp3) is 0.595. The Morgan fingerprint density at radius 3 is 2.00 bits per heavy atom. The summed E-state index contributed by atoms with van der Waals surface area (Å²) in [4.78, 5) is 13.6. The Balaban J connectivity index is 0.00000645. The zero-order valence-electron chi connectivity index (χ0n) is 27.6. The fourth-order valence-electron chi connectivity index (χ4n) is 6.36. The Bertz CT molecular complexity index is 1140. The monoisotopic (exact) mass is 610 g/mol. The van der Waals surface area contributed by atoms with E-state index in [1.807, 2.05) is 41.5 Å². The van der Waals surface area contributed by atoms with Gasteiger partial charge in [0, 0.05) is 12.0 Å². The molecule has 2 aromatic rings. The first-order chi connectivity index (χ1) is 19.5. The lowest BCUT2D eigenvalue weighted by Crippen LogP contribution is -2.67. The van der Waals surface area contributed by atoms with Crippen LogP contribution >= 0.6 is 0 Å². The van der Waals surface area contributed by atoms with Gasteiger partial charge in [-0.05, 0) is 67.9 Å². The Kier molecular flexibility index (Phi) is 12.8. The second kappa shape index (κ2) is 14.8. The Morgan fingerprint density at radius 1 is 1.02 bits per heavy atom. The molecule has 0 amide bonds. The van der Waals surface area contributed by atoms with E-state index in [4.69, 9.17) is 13.9 Å². The largest absolute Gasteiger partial charge is 0.405 e. The van der Waals surface area contributed by atoms with Gasteiger partial charge < -0.3 is 19.0 Å². The van der Waals surface area contributed by atoms with E-state index < -0.39 is 31.5 Å². The van der Waals surface area contributed by atoms with E-state index in [1.54, 1.807) is 0 Å². The van der Waals surface area contributed by atoms with Crippen molar-refractivity contribution in [2.75, 3.05) is 6.61 Å². The average molecular weight is 611 g/mol. The van der Waals surface area contributed by atoms with E-state index >= 15 is 0 Å². The topological polar surface area (TPSA) is 65.0 Å². The lowest BCUT2D eigenvalue weighted by Gasteiger charge is -2.44. The second-order valence-corrected chi connectivity index (χ2v) is 18.3. The normalized spacial score (nSPS) is 20.1. The van der Waals surface area contributed by atoms with E-state index in [1.165, 1.54) is 10.4 Å². The lowest BCUT2D eigenvalue weighted by molar-refractivity contribution is -0.289. The Morgan fingerprint density at radius 2 is 1.53 bits per heavy atom. The van der Waals surface area contributed by atoms with Gasteiger partial charge in [-0.3, -0.25) is 4.79 Å². The number of benzene rings is 2. The third-order valence-electron chi connectivity index (χ3n) is 8.88. The van der Waals surface area contributed by atoms with E-state index in [2.05, 4.69) is 94.4 Å². The van der Waals surface area contributed by atoms with Gasteiger partial charge in [-0.15, -0.1) is 0 Å². The fourth-order valence-corrected chi connectivity index (χ4v) is 11.1. The van der Waals surface area contributed by atoms with Gasteiger partial charge in [-0.1, -0.05) is 116 Å². The minimum atomic E-state index is -2.63. The maximum absolute atomic E-state index is 13.6. The van der Waals surface area contributed by atoms with E-state index in [0.717, 1.165) is 18.4 Å².